The van der Waals surface area contributed by atoms with Gasteiger partial charge in [0.1, 0.15) is 0 Å². The van der Waals surface area contributed by atoms with Crippen LogP contribution in [0.5, 0.6) is 0 Å². The predicted octanol–water partition coefficient (Wildman–Crippen LogP) is 3.24. The minimum atomic E-state index is -0.160. The number of benzene rings is 1. The molecule has 6 nitrogen and oxygen atoms in total. The van der Waals surface area contributed by atoms with Crippen LogP contribution in [0.3, 0.4) is 0 Å². The molecule has 0 aliphatic heterocycles. The second-order valence-corrected chi connectivity index (χ2v) is 5.65. The molecule has 0 radical (unpaired) electrons. The van der Waals surface area contributed by atoms with E-state index in [2.05, 4.69) is 15.5 Å². The number of halogens is 1. The van der Waals surface area contributed by atoms with Crippen molar-refractivity contribution in [3.8, 4) is 11.5 Å². The molecular weight excluding hydrogens is 306 g/mol. The Morgan fingerprint density at radius 2 is 2.32 bits per heavy atom. The number of carbonyl (C=O) groups is 1. The lowest BCUT2D eigenvalue weighted by atomic mass is 10.1. The van der Waals surface area contributed by atoms with E-state index in [1.807, 2.05) is 0 Å². The Morgan fingerprint density at radius 1 is 1.50 bits per heavy atom. The lowest BCUT2D eigenvalue weighted by Crippen LogP contribution is -2.14. The lowest BCUT2D eigenvalue weighted by molar-refractivity contribution is -0.117. The van der Waals surface area contributed by atoms with Crippen molar-refractivity contribution in [1.82, 2.24) is 10.1 Å². The molecule has 0 spiro atoms. The highest BCUT2D eigenvalue weighted by Gasteiger charge is 2.29. The quantitative estimate of drug-likeness (QED) is 0.883. The highest BCUT2D eigenvalue weighted by atomic mass is 35.5. The van der Waals surface area contributed by atoms with Crippen molar-refractivity contribution in [2.24, 2.45) is 0 Å². The molecule has 1 aliphatic rings. The van der Waals surface area contributed by atoms with Crippen LogP contribution in [0.25, 0.3) is 11.5 Å². The van der Waals surface area contributed by atoms with Crippen molar-refractivity contribution in [3.05, 3.63) is 29.0 Å². The van der Waals surface area contributed by atoms with Gasteiger partial charge in [-0.05, 0) is 31.0 Å². The van der Waals surface area contributed by atoms with Crippen molar-refractivity contribution >= 4 is 23.2 Å². The van der Waals surface area contributed by atoms with Gasteiger partial charge in [0.25, 0.3) is 5.89 Å². The molecule has 0 atom stereocenters. The van der Waals surface area contributed by atoms with Crippen LogP contribution >= 0.6 is 11.6 Å². The van der Waals surface area contributed by atoms with E-state index in [9.17, 15) is 4.79 Å². The standard InChI is InChI=1S/C15H16ClN3O3/c1-21-7-6-13(20)17-12-8-10(16)4-5-11(12)15-18-14(19-22-15)9-2-3-9/h4-5,8-9H,2-3,6-7H2,1H3,(H,17,20). The normalized spacial score (nSPS) is 14.1. The highest BCUT2D eigenvalue weighted by molar-refractivity contribution is 6.31. The SMILES string of the molecule is COCCC(=O)Nc1cc(Cl)ccc1-c1nc(C2CC2)no1. The molecule has 22 heavy (non-hydrogen) atoms. The molecule has 0 saturated heterocycles. The zero-order chi connectivity index (χ0) is 15.5. The topological polar surface area (TPSA) is 77.2 Å². The van der Waals surface area contributed by atoms with Crippen LogP contribution in [-0.2, 0) is 9.53 Å². The van der Waals surface area contributed by atoms with Gasteiger partial charge in [0.05, 0.1) is 24.3 Å². The minimum absolute atomic E-state index is 0.160. The molecule has 116 valence electrons. The van der Waals surface area contributed by atoms with E-state index in [1.54, 1.807) is 25.3 Å². The van der Waals surface area contributed by atoms with Gasteiger partial charge < -0.3 is 14.6 Å². The van der Waals surface area contributed by atoms with Gasteiger partial charge in [0, 0.05) is 18.1 Å². The smallest absolute Gasteiger partial charge is 0.260 e. The molecule has 1 fully saturated rings. The molecular formula is C15H16ClN3O3. The highest BCUT2D eigenvalue weighted by Crippen LogP contribution is 2.39. The second kappa shape index (κ2) is 6.46. The van der Waals surface area contributed by atoms with E-state index in [-0.39, 0.29) is 12.3 Å². The maximum absolute atomic E-state index is 11.9. The molecule has 1 aromatic carbocycles. The van der Waals surface area contributed by atoms with E-state index >= 15 is 0 Å². The number of methoxy groups -OCH3 is 1. The number of hydrogen-bond donors (Lipinski definition) is 1. The number of ether oxygens (including phenoxy) is 1. The summed E-state index contributed by atoms with van der Waals surface area (Å²) in [6.45, 7) is 0.355. The van der Waals surface area contributed by atoms with Gasteiger partial charge in [-0.3, -0.25) is 4.79 Å². The molecule has 7 heteroatoms. The van der Waals surface area contributed by atoms with Crippen molar-refractivity contribution in [2.75, 3.05) is 19.0 Å². The Bertz CT molecular complexity index is 682. The zero-order valence-electron chi connectivity index (χ0n) is 12.1. The monoisotopic (exact) mass is 321 g/mol. The van der Waals surface area contributed by atoms with Crippen LogP contribution in [0.15, 0.2) is 22.7 Å². The van der Waals surface area contributed by atoms with Gasteiger partial charge >= 0.3 is 0 Å². The molecule has 1 saturated carbocycles. The summed E-state index contributed by atoms with van der Waals surface area (Å²) in [6.07, 6.45) is 2.46. The van der Waals surface area contributed by atoms with Gasteiger partial charge in [-0.2, -0.15) is 4.98 Å². The van der Waals surface area contributed by atoms with Crippen LogP contribution in [0.1, 0.15) is 31.0 Å². The first-order valence-electron chi connectivity index (χ1n) is 7.09. The Labute approximate surface area is 132 Å². The summed E-state index contributed by atoms with van der Waals surface area (Å²) in [5, 5.41) is 7.32. The Morgan fingerprint density at radius 3 is 3.05 bits per heavy atom. The fourth-order valence-electron chi connectivity index (χ4n) is 2.07. The third-order valence-corrected chi connectivity index (χ3v) is 3.64. The van der Waals surface area contributed by atoms with E-state index in [1.165, 1.54) is 0 Å². The first kappa shape index (κ1) is 15.0. The third-order valence-electron chi connectivity index (χ3n) is 3.40. The molecule has 1 aliphatic carbocycles. The first-order valence-corrected chi connectivity index (χ1v) is 7.47. The van der Waals surface area contributed by atoms with Gasteiger partial charge in [-0.25, -0.2) is 0 Å². The number of carbonyl (C=O) groups excluding carboxylic acids is 1. The number of nitrogens with one attached hydrogen (secondary N) is 1. The van der Waals surface area contributed by atoms with Gasteiger partial charge in [0.2, 0.25) is 5.91 Å². The Kier molecular flexibility index (Phi) is 4.40. The molecule has 0 unspecified atom stereocenters. The van der Waals surface area contributed by atoms with Crippen molar-refractivity contribution in [3.63, 3.8) is 0 Å². The third kappa shape index (κ3) is 3.45. The van der Waals surface area contributed by atoms with Gasteiger partial charge in [-0.15, -0.1) is 0 Å². The Hall–Kier alpha value is -1.92. The Balaban J connectivity index is 1.84. The van der Waals surface area contributed by atoms with Crippen molar-refractivity contribution in [1.29, 1.82) is 0 Å². The first-order chi connectivity index (χ1) is 10.7. The lowest BCUT2D eigenvalue weighted by Gasteiger charge is -2.09. The molecule has 1 N–H and O–H groups in total. The summed E-state index contributed by atoms with van der Waals surface area (Å²) < 4.78 is 10.2. The molecule has 0 bridgehead atoms. The fraction of sp³-hybridized carbons (Fsp3) is 0.400. The molecule has 1 aromatic heterocycles. The predicted molar refractivity (Wildman–Crippen MR) is 81.8 cm³/mol. The summed E-state index contributed by atoms with van der Waals surface area (Å²) in [6, 6.07) is 5.16. The van der Waals surface area contributed by atoms with Crippen molar-refractivity contribution < 1.29 is 14.1 Å². The minimum Gasteiger partial charge on any atom is -0.384 e. The van der Waals surface area contributed by atoms with Crippen LogP contribution < -0.4 is 5.32 Å². The largest absolute Gasteiger partial charge is 0.384 e. The maximum atomic E-state index is 11.9. The van der Waals surface area contributed by atoms with Crippen LogP contribution in [0, 0.1) is 0 Å². The number of amides is 1. The van der Waals surface area contributed by atoms with Crippen molar-refractivity contribution in [2.45, 2.75) is 25.2 Å². The second-order valence-electron chi connectivity index (χ2n) is 5.21. The fourth-order valence-corrected chi connectivity index (χ4v) is 2.24. The number of hydrogen-bond acceptors (Lipinski definition) is 5. The van der Waals surface area contributed by atoms with Crippen LogP contribution in [-0.4, -0.2) is 29.8 Å². The van der Waals surface area contributed by atoms with Crippen LogP contribution in [0.2, 0.25) is 5.02 Å². The molecule has 3 rings (SSSR count). The summed E-state index contributed by atoms with van der Waals surface area (Å²) in [7, 11) is 1.55. The molecule has 2 aromatic rings. The average molecular weight is 322 g/mol. The van der Waals surface area contributed by atoms with E-state index < -0.39 is 0 Å². The van der Waals surface area contributed by atoms with E-state index in [0.717, 1.165) is 18.7 Å². The molecule has 1 heterocycles. The van der Waals surface area contributed by atoms with E-state index in [4.69, 9.17) is 20.9 Å². The summed E-state index contributed by atoms with van der Waals surface area (Å²) in [5.74, 6) is 1.36. The summed E-state index contributed by atoms with van der Waals surface area (Å²) in [5.41, 5.74) is 1.22. The zero-order valence-corrected chi connectivity index (χ0v) is 12.9. The maximum Gasteiger partial charge on any atom is 0.260 e. The number of aromatic nitrogens is 2. The average Bonchev–Trinajstić information content (AvgIpc) is 3.24. The van der Waals surface area contributed by atoms with E-state index in [0.29, 0.717) is 34.7 Å². The summed E-state index contributed by atoms with van der Waals surface area (Å²) in [4.78, 5) is 16.3. The molecule has 1 amide bonds. The number of rotatable bonds is 6. The van der Waals surface area contributed by atoms with Gasteiger partial charge in [0.15, 0.2) is 5.82 Å². The number of anilines is 1. The van der Waals surface area contributed by atoms with Crippen LogP contribution in [0.4, 0.5) is 5.69 Å². The van der Waals surface area contributed by atoms with Gasteiger partial charge in [-0.1, -0.05) is 16.8 Å². The summed E-state index contributed by atoms with van der Waals surface area (Å²) >= 11 is 6.02. The number of nitrogens with zero attached hydrogens (tertiary/aromatic N) is 2.